The minimum absolute atomic E-state index is 0.204. The Kier molecular flexibility index (Phi) is 5.00. The van der Waals surface area contributed by atoms with Crippen molar-refractivity contribution in [2.75, 3.05) is 0 Å². The van der Waals surface area contributed by atoms with Crippen LogP contribution in [0.25, 0.3) is 0 Å². The van der Waals surface area contributed by atoms with Crippen LogP contribution in [-0.4, -0.2) is 11.1 Å². The predicted molar refractivity (Wildman–Crippen MR) is 77.6 cm³/mol. The molecule has 0 heterocycles. The number of benzene rings is 2. The van der Waals surface area contributed by atoms with Gasteiger partial charge in [-0.1, -0.05) is 30.3 Å². The fourth-order valence-electron chi connectivity index (χ4n) is 1.78. The van der Waals surface area contributed by atoms with Crippen LogP contribution in [0.15, 0.2) is 64.8 Å². The third-order valence-electron chi connectivity index (χ3n) is 2.83. The number of hydrogen-bond acceptors (Lipinski definition) is 3. The van der Waals surface area contributed by atoms with Gasteiger partial charge in [-0.25, -0.2) is 0 Å². The van der Waals surface area contributed by atoms with Gasteiger partial charge in [0.15, 0.2) is 0 Å². The fraction of sp³-hybridized carbons (Fsp3) is 0.188. The van der Waals surface area contributed by atoms with Crippen LogP contribution in [0.5, 0.6) is 0 Å². The number of nitrogens with zero attached hydrogens (tertiary/aromatic N) is 2. The molecule has 0 aromatic heterocycles. The first-order valence-electron chi connectivity index (χ1n) is 6.51. The molecule has 0 atom stereocenters. The topological polar surface area (TPSA) is 62.0 Å². The molecule has 1 N–H and O–H groups in total. The lowest BCUT2D eigenvalue weighted by Gasteiger charge is -2.00. The zero-order valence-corrected chi connectivity index (χ0v) is 11.1. The number of aliphatic carboxylic acids is 1. The Morgan fingerprint density at radius 1 is 0.900 bits per heavy atom. The number of hydrogen-bond donors (Lipinski definition) is 1. The summed E-state index contributed by atoms with van der Waals surface area (Å²) >= 11 is 0. The lowest BCUT2D eigenvalue weighted by molar-refractivity contribution is -0.137. The highest BCUT2D eigenvalue weighted by Gasteiger charge is 1.98. The maximum atomic E-state index is 10.4. The van der Waals surface area contributed by atoms with Crippen LogP contribution in [0, 0.1) is 0 Å². The predicted octanol–water partition coefficient (Wildman–Crippen LogP) is 4.51. The summed E-state index contributed by atoms with van der Waals surface area (Å²) in [6.07, 6.45) is 1.62. The number of carboxylic acids is 1. The molecule has 0 spiro atoms. The van der Waals surface area contributed by atoms with E-state index in [4.69, 9.17) is 5.11 Å². The van der Waals surface area contributed by atoms with E-state index in [1.54, 1.807) is 0 Å². The Labute approximate surface area is 117 Å². The van der Waals surface area contributed by atoms with Crippen LogP contribution in [0.3, 0.4) is 0 Å². The van der Waals surface area contributed by atoms with E-state index in [0.29, 0.717) is 6.42 Å². The molecule has 0 saturated heterocycles. The van der Waals surface area contributed by atoms with E-state index in [1.165, 1.54) is 0 Å². The SMILES string of the molecule is O=C(O)CCCc1ccc(N=Nc2ccccc2)cc1. The minimum atomic E-state index is -0.752. The second-order valence-corrected chi connectivity index (χ2v) is 4.45. The van der Waals surface area contributed by atoms with Gasteiger partial charge in [-0.2, -0.15) is 10.2 Å². The number of carbonyl (C=O) groups is 1. The van der Waals surface area contributed by atoms with Gasteiger partial charge in [-0.3, -0.25) is 4.79 Å². The lowest BCUT2D eigenvalue weighted by Crippen LogP contribution is -1.95. The Balaban J connectivity index is 1.91. The largest absolute Gasteiger partial charge is 0.481 e. The number of rotatable bonds is 6. The standard InChI is InChI=1S/C16H16N2O2/c19-16(20)8-4-5-13-9-11-15(12-10-13)18-17-14-6-2-1-3-7-14/h1-3,6-7,9-12H,4-5,8H2,(H,19,20). The van der Waals surface area contributed by atoms with Crippen molar-refractivity contribution in [1.82, 2.24) is 0 Å². The van der Waals surface area contributed by atoms with Crippen molar-refractivity contribution < 1.29 is 9.90 Å². The Morgan fingerprint density at radius 2 is 1.50 bits per heavy atom. The molecule has 4 heteroatoms. The van der Waals surface area contributed by atoms with Crippen LogP contribution in [-0.2, 0) is 11.2 Å². The molecule has 0 amide bonds. The van der Waals surface area contributed by atoms with Crippen molar-refractivity contribution in [3.8, 4) is 0 Å². The summed E-state index contributed by atoms with van der Waals surface area (Å²) in [7, 11) is 0. The van der Waals surface area contributed by atoms with Gasteiger partial charge in [0.1, 0.15) is 0 Å². The molecule has 0 aliphatic rings. The monoisotopic (exact) mass is 268 g/mol. The fourth-order valence-corrected chi connectivity index (χ4v) is 1.78. The second-order valence-electron chi connectivity index (χ2n) is 4.45. The number of azo groups is 1. The van der Waals surface area contributed by atoms with Crippen molar-refractivity contribution in [3.63, 3.8) is 0 Å². The van der Waals surface area contributed by atoms with Gasteiger partial charge < -0.3 is 5.11 Å². The van der Waals surface area contributed by atoms with Crippen LogP contribution < -0.4 is 0 Å². The summed E-state index contributed by atoms with van der Waals surface area (Å²) in [5.74, 6) is -0.752. The summed E-state index contributed by atoms with van der Waals surface area (Å²) in [6.45, 7) is 0. The molecular formula is C16H16N2O2. The molecule has 20 heavy (non-hydrogen) atoms. The second kappa shape index (κ2) is 7.19. The van der Waals surface area contributed by atoms with Gasteiger partial charge >= 0.3 is 5.97 Å². The van der Waals surface area contributed by atoms with Crippen LogP contribution >= 0.6 is 0 Å². The Bertz CT molecular complexity index is 577. The van der Waals surface area contributed by atoms with E-state index in [-0.39, 0.29) is 6.42 Å². The van der Waals surface area contributed by atoms with Crippen LogP contribution in [0.4, 0.5) is 11.4 Å². The van der Waals surface area contributed by atoms with Gasteiger partial charge in [0.25, 0.3) is 0 Å². The van der Waals surface area contributed by atoms with Crippen LogP contribution in [0.2, 0.25) is 0 Å². The zero-order chi connectivity index (χ0) is 14.2. The first kappa shape index (κ1) is 13.9. The van der Waals surface area contributed by atoms with Crippen molar-refractivity contribution >= 4 is 17.3 Å². The first-order valence-corrected chi connectivity index (χ1v) is 6.51. The van der Waals surface area contributed by atoms with E-state index < -0.39 is 5.97 Å². The third-order valence-corrected chi connectivity index (χ3v) is 2.83. The maximum absolute atomic E-state index is 10.4. The summed E-state index contributed by atoms with van der Waals surface area (Å²) < 4.78 is 0. The summed E-state index contributed by atoms with van der Waals surface area (Å²) in [5.41, 5.74) is 2.72. The van der Waals surface area contributed by atoms with Crippen molar-refractivity contribution in [3.05, 3.63) is 60.2 Å². The molecule has 2 rings (SSSR count). The van der Waals surface area contributed by atoms with Crippen LogP contribution in [0.1, 0.15) is 18.4 Å². The van der Waals surface area contributed by atoms with Gasteiger partial charge in [0.05, 0.1) is 11.4 Å². The summed E-state index contributed by atoms with van der Waals surface area (Å²) in [5, 5.41) is 16.9. The van der Waals surface area contributed by atoms with Gasteiger partial charge in [-0.05, 0) is 42.7 Å². The van der Waals surface area contributed by atoms with E-state index in [9.17, 15) is 4.79 Å². The summed E-state index contributed by atoms with van der Waals surface area (Å²) in [6, 6.07) is 17.3. The molecule has 0 aliphatic heterocycles. The van der Waals surface area contributed by atoms with Crippen molar-refractivity contribution in [1.29, 1.82) is 0 Å². The average molecular weight is 268 g/mol. The van der Waals surface area contributed by atoms with E-state index >= 15 is 0 Å². The molecule has 0 unspecified atom stereocenters. The van der Waals surface area contributed by atoms with Gasteiger partial charge in [0.2, 0.25) is 0 Å². The first-order chi connectivity index (χ1) is 9.74. The number of aryl methyl sites for hydroxylation is 1. The molecule has 0 radical (unpaired) electrons. The van der Waals surface area contributed by atoms with Gasteiger partial charge in [-0.15, -0.1) is 0 Å². The quantitative estimate of drug-likeness (QED) is 0.783. The molecule has 0 bridgehead atoms. The van der Waals surface area contributed by atoms with Crippen molar-refractivity contribution in [2.45, 2.75) is 19.3 Å². The summed E-state index contributed by atoms with van der Waals surface area (Å²) in [4.78, 5) is 10.4. The van der Waals surface area contributed by atoms with E-state index in [2.05, 4.69) is 10.2 Å². The van der Waals surface area contributed by atoms with E-state index in [1.807, 2.05) is 54.6 Å². The minimum Gasteiger partial charge on any atom is -0.481 e. The molecule has 0 fully saturated rings. The molecule has 2 aromatic rings. The zero-order valence-electron chi connectivity index (χ0n) is 11.1. The molecule has 102 valence electrons. The third kappa shape index (κ3) is 4.65. The van der Waals surface area contributed by atoms with E-state index in [0.717, 1.165) is 23.4 Å². The highest BCUT2D eigenvalue weighted by Crippen LogP contribution is 2.18. The molecular weight excluding hydrogens is 252 g/mol. The number of carboxylic acid groups (broad SMARTS) is 1. The molecule has 2 aromatic carbocycles. The Morgan fingerprint density at radius 3 is 2.10 bits per heavy atom. The highest BCUT2D eigenvalue weighted by atomic mass is 16.4. The van der Waals surface area contributed by atoms with Crippen molar-refractivity contribution in [2.24, 2.45) is 10.2 Å². The average Bonchev–Trinajstić information content (AvgIpc) is 2.47. The maximum Gasteiger partial charge on any atom is 0.303 e. The molecule has 4 nitrogen and oxygen atoms in total. The lowest BCUT2D eigenvalue weighted by atomic mass is 10.1. The highest BCUT2D eigenvalue weighted by molar-refractivity contribution is 5.66. The molecule has 0 aliphatic carbocycles. The molecule has 0 saturated carbocycles. The van der Waals surface area contributed by atoms with Gasteiger partial charge in [0, 0.05) is 6.42 Å². The smallest absolute Gasteiger partial charge is 0.303 e. The normalized spacial score (nSPS) is 10.8. The Hall–Kier alpha value is -2.49.